The summed E-state index contributed by atoms with van der Waals surface area (Å²) in [6, 6.07) is 26.3. The van der Waals surface area contributed by atoms with Crippen LogP contribution >= 0.6 is 0 Å². The fourth-order valence-corrected chi connectivity index (χ4v) is 7.07. The number of carbonyl (C=O) groups is 2. The average molecular weight is 537 g/mol. The van der Waals surface area contributed by atoms with Crippen molar-refractivity contribution in [1.82, 2.24) is 0 Å². The first kappa shape index (κ1) is 25.8. The molecule has 0 unspecified atom stereocenters. The molecule has 0 fully saturated rings. The van der Waals surface area contributed by atoms with E-state index in [1.807, 2.05) is 0 Å². The van der Waals surface area contributed by atoms with Gasteiger partial charge < -0.3 is 9.47 Å². The molecule has 0 spiro atoms. The first-order valence-corrected chi connectivity index (χ1v) is 14.1. The molecular weight excluding hydrogens is 516 g/mol. The van der Waals surface area contributed by atoms with E-state index in [2.05, 4.69) is 0 Å². The van der Waals surface area contributed by atoms with E-state index in [1.165, 1.54) is 48.5 Å². The molecule has 0 amide bonds. The highest BCUT2D eigenvalue weighted by molar-refractivity contribution is 8.08. The summed E-state index contributed by atoms with van der Waals surface area (Å²) in [5.74, 6) is -1.01. The highest BCUT2D eigenvalue weighted by atomic mass is 32.3. The highest BCUT2D eigenvalue weighted by Crippen LogP contribution is 2.23. The molecule has 0 aliphatic heterocycles. The molecule has 4 aromatic rings. The highest BCUT2D eigenvalue weighted by Gasteiger charge is 2.26. The molecule has 0 aromatic heterocycles. The van der Waals surface area contributed by atoms with E-state index in [0.717, 1.165) is 0 Å². The number of rotatable bonds is 8. The lowest BCUT2D eigenvalue weighted by Crippen LogP contribution is -2.17. The Morgan fingerprint density at radius 3 is 1.14 bits per heavy atom. The lowest BCUT2D eigenvalue weighted by Gasteiger charge is -2.09. The first-order chi connectivity index (χ1) is 17.6. The van der Waals surface area contributed by atoms with Gasteiger partial charge in [0.25, 0.3) is 0 Å². The molecule has 0 bridgehead atoms. The molecule has 4 aromatic carbocycles. The minimum Gasteiger partial charge on any atom is -0.423 e. The van der Waals surface area contributed by atoms with Gasteiger partial charge >= 0.3 is 11.9 Å². The molecule has 0 aliphatic rings. The Morgan fingerprint density at radius 2 is 0.811 bits per heavy atom. The third kappa shape index (κ3) is 6.49. The summed E-state index contributed by atoms with van der Waals surface area (Å²) < 4.78 is 61.6. The van der Waals surface area contributed by atoms with E-state index < -0.39 is 36.7 Å². The summed E-state index contributed by atoms with van der Waals surface area (Å²) in [5, 5.41) is -1.17. The topological polar surface area (TPSA) is 121 Å². The van der Waals surface area contributed by atoms with Crippen LogP contribution in [0, 0.1) is 0 Å². The van der Waals surface area contributed by atoms with E-state index in [4.69, 9.17) is 9.47 Å². The Hall–Kier alpha value is -4.28. The second kappa shape index (κ2) is 10.8. The number of hydrogen-bond donors (Lipinski definition) is 0. The summed E-state index contributed by atoms with van der Waals surface area (Å²) in [4.78, 5) is 23.8. The number of carbonyl (C=O) groups excluding carboxylic acids is 2. The van der Waals surface area contributed by atoms with Crippen LogP contribution in [0.25, 0.3) is 0 Å². The monoisotopic (exact) mass is 536 g/mol. The van der Waals surface area contributed by atoms with Crippen LogP contribution in [0.3, 0.4) is 0 Å². The fourth-order valence-electron chi connectivity index (χ4n) is 3.25. The SMILES string of the molecule is O=C(Oc1ccc(S(=O)(=O)CS(=O)(=O)c2ccc(OC(=O)c3ccccc3)cc2)cc1)c1ccccc1. The van der Waals surface area contributed by atoms with Crippen LogP contribution in [0.15, 0.2) is 119 Å². The van der Waals surface area contributed by atoms with Crippen molar-refractivity contribution >= 4 is 31.6 Å². The van der Waals surface area contributed by atoms with Gasteiger partial charge in [0.05, 0.1) is 20.9 Å². The number of ether oxygens (including phenoxy) is 2. The summed E-state index contributed by atoms with van der Waals surface area (Å²) in [7, 11) is -8.48. The minimum absolute atomic E-state index is 0.108. The van der Waals surface area contributed by atoms with Gasteiger partial charge in [0.15, 0.2) is 24.8 Å². The van der Waals surface area contributed by atoms with Crippen molar-refractivity contribution in [2.24, 2.45) is 0 Å². The Bertz CT molecular complexity index is 1490. The van der Waals surface area contributed by atoms with Crippen molar-refractivity contribution in [2.75, 3.05) is 5.08 Å². The normalized spacial score (nSPS) is 11.5. The molecule has 4 rings (SSSR count). The Kier molecular flexibility index (Phi) is 7.51. The Balaban J connectivity index is 1.42. The van der Waals surface area contributed by atoms with Gasteiger partial charge in [0.2, 0.25) is 0 Å². The lowest BCUT2D eigenvalue weighted by atomic mass is 10.2. The summed E-state index contributed by atoms with van der Waals surface area (Å²) in [5.41, 5.74) is 0.650. The van der Waals surface area contributed by atoms with Crippen molar-refractivity contribution in [2.45, 2.75) is 9.79 Å². The molecule has 10 heteroatoms. The predicted molar refractivity (Wildman–Crippen MR) is 135 cm³/mol. The summed E-state index contributed by atoms with van der Waals surface area (Å²) >= 11 is 0. The van der Waals surface area contributed by atoms with Gasteiger partial charge in [0.1, 0.15) is 11.5 Å². The molecule has 0 atom stereocenters. The third-order valence-corrected chi connectivity index (χ3v) is 9.58. The van der Waals surface area contributed by atoms with Gasteiger partial charge in [-0.1, -0.05) is 36.4 Å². The van der Waals surface area contributed by atoms with E-state index in [0.29, 0.717) is 11.1 Å². The second-order valence-corrected chi connectivity index (χ2v) is 12.1. The third-order valence-electron chi connectivity index (χ3n) is 5.12. The maximum Gasteiger partial charge on any atom is 0.343 e. The van der Waals surface area contributed by atoms with Crippen LogP contribution in [0.5, 0.6) is 11.5 Å². The first-order valence-electron chi connectivity index (χ1n) is 10.8. The zero-order valence-corrected chi connectivity index (χ0v) is 20.8. The molecule has 0 N–H and O–H groups in total. The quantitative estimate of drug-likeness (QED) is 0.241. The number of hydrogen-bond acceptors (Lipinski definition) is 8. The van der Waals surface area contributed by atoms with E-state index in [1.54, 1.807) is 60.7 Å². The number of esters is 2. The molecule has 0 aliphatic carbocycles. The van der Waals surface area contributed by atoms with Gasteiger partial charge in [0, 0.05) is 0 Å². The van der Waals surface area contributed by atoms with Gasteiger partial charge in [-0.25, -0.2) is 26.4 Å². The van der Waals surface area contributed by atoms with Gasteiger partial charge in [-0.2, -0.15) is 0 Å². The zero-order valence-electron chi connectivity index (χ0n) is 19.2. The van der Waals surface area contributed by atoms with Crippen molar-refractivity contribution in [3.63, 3.8) is 0 Å². The van der Waals surface area contributed by atoms with Crippen molar-refractivity contribution < 1.29 is 35.9 Å². The van der Waals surface area contributed by atoms with E-state index in [-0.39, 0.29) is 21.3 Å². The van der Waals surface area contributed by atoms with Crippen molar-refractivity contribution in [3.05, 3.63) is 120 Å². The largest absolute Gasteiger partial charge is 0.423 e. The molecule has 8 nitrogen and oxygen atoms in total. The zero-order chi connectivity index (χ0) is 26.5. The van der Waals surface area contributed by atoms with E-state index in [9.17, 15) is 26.4 Å². The van der Waals surface area contributed by atoms with Crippen molar-refractivity contribution in [3.8, 4) is 11.5 Å². The summed E-state index contributed by atoms with van der Waals surface area (Å²) in [6.45, 7) is 0. The lowest BCUT2D eigenvalue weighted by molar-refractivity contribution is 0.0725. The van der Waals surface area contributed by atoms with Crippen LogP contribution < -0.4 is 9.47 Å². The molecule has 188 valence electrons. The standard InChI is InChI=1S/C27H20O8S2/c28-26(20-7-3-1-4-8-20)34-22-11-15-24(16-12-22)36(30,31)19-37(32,33)25-17-13-23(14-18-25)35-27(29)21-9-5-2-6-10-21/h1-18H,19H2. The Labute approximate surface area is 213 Å². The van der Waals surface area contributed by atoms with Crippen LogP contribution in [-0.2, 0) is 19.7 Å². The predicted octanol–water partition coefficient (Wildman–Crippen LogP) is 4.33. The minimum atomic E-state index is -4.24. The average Bonchev–Trinajstić information content (AvgIpc) is 2.90. The Morgan fingerprint density at radius 1 is 0.486 bits per heavy atom. The second-order valence-electron chi connectivity index (χ2n) is 7.80. The molecular formula is C27H20O8S2. The number of benzene rings is 4. The van der Waals surface area contributed by atoms with E-state index >= 15 is 0 Å². The van der Waals surface area contributed by atoms with Gasteiger partial charge in [-0.05, 0) is 72.8 Å². The van der Waals surface area contributed by atoms with Crippen LogP contribution in [-0.4, -0.2) is 33.9 Å². The molecule has 0 radical (unpaired) electrons. The molecule has 0 saturated heterocycles. The molecule has 0 heterocycles. The van der Waals surface area contributed by atoms with Crippen molar-refractivity contribution in [1.29, 1.82) is 0 Å². The maximum atomic E-state index is 12.8. The van der Waals surface area contributed by atoms with Crippen LogP contribution in [0.4, 0.5) is 0 Å². The maximum absolute atomic E-state index is 12.8. The molecule has 0 saturated carbocycles. The van der Waals surface area contributed by atoms with Crippen LogP contribution in [0.2, 0.25) is 0 Å². The molecule has 37 heavy (non-hydrogen) atoms. The van der Waals surface area contributed by atoms with Gasteiger partial charge in [-0.15, -0.1) is 0 Å². The smallest absolute Gasteiger partial charge is 0.343 e. The number of sulfone groups is 2. The fraction of sp³-hybridized carbons (Fsp3) is 0.0370. The van der Waals surface area contributed by atoms with Crippen LogP contribution in [0.1, 0.15) is 20.7 Å². The summed E-state index contributed by atoms with van der Waals surface area (Å²) in [6.07, 6.45) is 0. The van der Waals surface area contributed by atoms with Gasteiger partial charge in [-0.3, -0.25) is 0 Å².